The third-order valence-corrected chi connectivity index (χ3v) is 5.69. The predicted octanol–water partition coefficient (Wildman–Crippen LogP) is 4.24. The van der Waals surface area contributed by atoms with Gasteiger partial charge in [0, 0.05) is 11.4 Å². The molecule has 0 saturated carbocycles. The van der Waals surface area contributed by atoms with E-state index in [0.29, 0.717) is 0 Å². The first kappa shape index (κ1) is 16.5. The zero-order valence-electron chi connectivity index (χ0n) is 13.2. The summed E-state index contributed by atoms with van der Waals surface area (Å²) in [6, 6.07) is 14.2. The number of carbonyl (C=O) groups excluding carboxylic acids is 1. The number of likely N-dealkylation sites (tertiary alicyclic amines) is 1. The molecule has 1 fully saturated rings. The number of amides is 1. The molecule has 0 aliphatic carbocycles. The Balaban J connectivity index is 1.61. The van der Waals surface area contributed by atoms with Crippen LogP contribution in [0.15, 0.2) is 42.5 Å². The number of nitrogens with zero attached hydrogens (tertiary/aromatic N) is 1. The number of benzene rings is 1. The average molecular weight is 349 g/mol. The third kappa shape index (κ3) is 4.14. The minimum absolute atomic E-state index is 0.000764. The van der Waals surface area contributed by atoms with E-state index < -0.39 is 0 Å². The van der Waals surface area contributed by atoms with Gasteiger partial charge in [0.2, 0.25) is 5.91 Å². The molecule has 2 aromatic rings. The molecule has 0 bridgehead atoms. The van der Waals surface area contributed by atoms with Gasteiger partial charge in [0.15, 0.2) is 0 Å². The van der Waals surface area contributed by atoms with E-state index in [1.54, 1.807) is 0 Å². The largest absolute Gasteiger partial charge is 0.347 e. The molecule has 3 rings (SSSR count). The van der Waals surface area contributed by atoms with Crippen molar-refractivity contribution in [2.45, 2.75) is 38.4 Å². The van der Waals surface area contributed by atoms with Gasteiger partial charge < -0.3 is 5.32 Å². The van der Waals surface area contributed by atoms with E-state index in [4.69, 9.17) is 11.6 Å². The molecule has 2 heterocycles. The zero-order valence-corrected chi connectivity index (χ0v) is 14.7. The van der Waals surface area contributed by atoms with E-state index in [2.05, 4.69) is 22.3 Å². The third-order valence-electron chi connectivity index (χ3n) is 4.27. The summed E-state index contributed by atoms with van der Waals surface area (Å²) >= 11 is 7.50. The Morgan fingerprint density at radius 1 is 1.35 bits per heavy atom. The van der Waals surface area contributed by atoms with Gasteiger partial charge in [0.1, 0.15) is 0 Å². The highest BCUT2D eigenvalue weighted by Gasteiger charge is 2.31. The van der Waals surface area contributed by atoms with Crippen LogP contribution >= 0.6 is 22.9 Å². The normalized spacial score (nSPS) is 19.7. The Morgan fingerprint density at radius 2 is 2.13 bits per heavy atom. The molecule has 1 N–H and O–H groups in total. The van der Waals surface area contributed by atoms with Gasteiger partial charge >= 0.3 is 0 Å². The topological polar surface area (TPSA) is 32.3 Å². The first-order chi connectivity index (χ1) is 11.1. The second-order valence-corrected chi connectivity index (χ2v) is 7.73. The average Bonchev–Trinajstić information content (AvgIpc) is 3.17. The van der Waals surface area contributed by atoms with E-state index >= 15 is 0 Å². The summed E-state index contributed by atoms with van der Waals surface area (Å²) in [5.41, 5.74) is 1.25. The lowest BCUT2D eigenvalue weighted by Gasteiger charge is -2.25. The molecule has 5 heteroatoms. The summed E-state index contributed by atoms with van der Waals surface area (Å²) < 4.78 is 0.757. The summed E-state index contributed by atoms with van der Waals surface area (Å²) in [5, 5.41) is 3.14. The molecule has 3 nitrogen and oxygen atoms in total. The van der Waals surface area contributed by atoms with Crippen molar-refractivity contribution in [3.8, 4) is 0 Å². The molecule has 1 saturated heterocycles. The van der Waals surface area contributed by atoms with Crippen LogP contribution in [0.5, 0.6) is 0 Å². The fourth-order valence-corrected chi connectivity index (χ4v) is 4.14. The van der Waals surface area contributed by atoms with Gasteiger partial charge in [-0.3, -0.25) is 9.69 Å². The maximum Gasteiger partial charge on any atom is 0.237 e. The summed E-state index contributed by atoms with van der Waals surface area (Å²) in [5.74, 6) is 0.121. The second kappa shape index (κ2) is 7.47. The molecule has 1 amide bonds. The van der Waals surface area contributed by atoms with Crippen LogP contribution in [0, 0.1) is 0 Å². The van der Waals surface area contributed by atoms with E-state index in [9.17, 15) is 4.79 Å². The van der Waals surface area contributed by atoms with Crippen molar-refractivity contribution >= 4 is 28.8 Å². The molecule has 23 heavy (non-hydrogen) atoms. The van der Waals surface area contributed by atoms with Gasteiger partial charge in [0.05, 0.1) is 16.4 Å². The monoisotopic (exact) mass is 348 g/mol. The molecule has 2 atom stereocenters. The minimum atomic E-state index is -0.0342. The van der Waals surface area contributed by atoms with E-state index in [-0.39, 0.29) is 18.0 Å². The smallest absolute Gasteiger partial charge is 0.237 e. The number of rotatable bonds is 5. The number of carbonyl (C=O) groups is 1. The van der Waals surface area contributed by atoms with Crippen LogP contribution in [0.2, 0.25) is 4.34 Å². The summed E-state index contributed by atoms with van der Waals surface area (Å²) in [7, 11) is 0. The fraction of sp³-hybridized carbons (Fsp3) is 0.389. The maximum absolute atomic E-state index is 12.7. The first-order valence-electron chi connectivity index (χ1n) is 7.97. The van der Waals surface area contributed by atoms with Crippen molar-refractivity contribution in [1.29, 1.82) is 0 Å². The van der Waals surface area contributed by atoms with Gasteiger partial charge in [0.25, 0.3) is 0 Å². The van der Waals surface area contributed by atoms with Crippen molar-refractivity contribution in [2.75, 3.05) is 6.54 Å². The van der Waals surface area contributed by atoms with Crippen LogP contribution in [0.4, 0.5) is 0 Å². The molecule has 0 radical (unpaired) electrons. The van der Waals surface area contributed by atoms with Crippen molar-refractivity contribution in [3.05, 3.63) is 57.2 Å². The lowest BCUT2D eigenvalue weighted by molar-refractivity contribution is -0.126. The minimum Gasteiger partial charge on any atom is -0.347 e. The van der Waals surface area contributed by atoms with Crippen LogP contribution in [0.3, 0.4) is 0 Å². The standard InChI is InChI=1S/C18H21ClN2OS/c1-13(16-9-10-17(19)23-16)20-18(22)15-8-5-11-21(15)12-14-6-3-2-4-7-14/h2-4,6-7,9-10,13,15H,5,8,11-12H2,1H3,(H,20,22). The van der Waals surface area contributed by atoms with Gasteiger partial charge in [-0.2, -0.15) is 0 Å². The molecule has 1 aliphatic rings. The molecule has 1 aromatic heterocycles. The number of hydrogen-bond acceptors (Lipinski definition) is 3. The molecular formula is C18H21ClN2OS. The molecule has 2 unspecified atom stereocenters. The molecular weight excluding hydrogens is 328 g/mol. The van der Waals surface area contributed by atoms with Crippen LogP contribution in [-0.2, 0) is 11.3 Å². The Bertz CT molecular complexity index is 658. The highest BCUT2D eigenvalue weighted by Crippen LogP contribution is 2.27. The predicted molar refractivity (Wildman–Crippen MR) is 95.8 cm³/mol. The lowest BCUT2D eigenvalue weighted by Crippen LogP contribution is -2.43. The quantitative estimate of drug-likeness (QED) is 0.876. The maximum atomic E-state index is 12.7. The fourth-order valence-electron chi connectivity index (χ4n) is 3.07. The van der Waals surface area contributed by atoms with E-state index in [0.717, 1.165) is 35.1 Å². The molecule has 1 aliphatic heterocycles. The van der Waals surface area contributed by atoms with Crippen molar-refractivity contribution in [1.82, 2.24) is 10.2 Å². The van der Waals surface area contributed by atoms with Crippen molar-refractivity contribution in [2.24, 2.45) is 0 Å². The van der Waals surface area contributed by atoms with Crippen LogP contribution in [0.25, 0.3) is 0 Å². The molecule has 122 valence electrons. The number of halogens is 1. The number of thiophene rings is 1. The lowest BCUT2D eigenvalue weighted by atomic mass is 10.1. The van der Waals surface area contributed by atoms with E-state index in [1.165, 1.54) is 16.9 Å². The molecule has 0 spiro atoms. The molecule has 1 aromatic carbocycles. The van der Waals surface area contributed by atoms with Crippen LogP contribution in [0.1, 0.15) is 36.2 Å². The van der Waals surface area contributed by atoms with E-state index in [1.807, 2.05) is 37.3 Å². The Morgan fingerprint density at radius 3 is 2.83 bits per heavy atom. The van der Waals surface area contributed by atoms with Crippen molar-refractivity contribution < 1.29 is 4.79 Å². The Kier molecular flexibility index (Phi) is 5.36. The second-order valence-electron chi connectivity index (χ2n) is 5.99. The highest BCUT2D eigenvalue weighted by atomic mass is 35.5. The van der Waals surface area contributed by atoms with Gasteiger partial charge in [-0.25, -0.2) is 0 Å². The summed E-state index contributed by atoms with van der Waals surface area (Å²) in [4.78, 5) is 16.0. The zero-order chi connectivity index (χ0) is 16.2. The highest BCUT2D eigenvalue weighted by molar-refractivity contribution is 7.16. The Hall–Kier alpha value is -1.36. The number of hydrogen-bond donors (Lipinski definition) is 1. The van der Waals surface area contributed by atoms with Crippen LogP contribution in [-0.4, -0.2) is 23.4 Å². The SMILES string of the molecule is CC(NC(=O)C1CCCN1Cc1ccccc1)c1ccc(Cl)s1. The number of nitrogens with one attached hydrogen (secondary N) is 1. The van der Waals surface area contributed by atoms with Crippen molar-refractivity contribution in [3.63, 3.8) is 0 Å². The summed E-state index contributed by atoms with van der Waals surface area (Å²) in [6.45, 7) is 3.82. The van der Waals surface area contributed by atoms with Gasteiger partial charge in [-0.15, -0.1) is 11.3 Å². The summed E-state index contributed by atoms with van der Waals surface area (Å²) in [6.07, 6.45) is 2.00. The van der Waals surface area contributed by atoms with Crippen LogP contribution < -0.4 is 5.32 Å². The Labute approximate surface area is 146 Å². The van der Waals surface area contributed by atoms with Gasteiger partial charge in [-0.05, 0) is 44.0 Å². The first-order valence-corrected chi connectivity index (χ1v) is 9.16. The van der Waals surface area contributed by atoms with Gasteiger partial charge in [-0.1, -0.05) is 41.9 Å².